The van der Waals surface area contributed by atoms with Crippen LogP contribution < -0.4 is 15.4 Å². The second kappa shape index (κ2) is 9.49. The fraction of sp³-hybridized carbons (Fsp3) is 0.409. The van der Waals surface area contributed by atoms with Gasteiger partial charge in [-0.2, -0.15) is 0 Å². The van der Waals surface area contributed by atoms with E-state index in [2.05, 4.69) is 15.6 Å². The number of hydrogen-bond donors (Lipinski definition) is 2. The van der Waals surface area contributed by atoms with Crippen LogP contribution in [0.15, 0.2) is 42.7 Å². The minimum Gasteiger partial charge on any atom is -0.494 e. The summed E-state index contributed by atoms with van der Waals surface area (Å²) in [7, 11) is 1.42. The standard InChI is InChI=1S/C22H26FN3O3/c1-29-19-14-17(2-3-18(19)23)15-22(10-5-21(28)26-22)9-4-20(27)25-13-8-16-6-11-24-12-7-16/h2-3,6-7,11-12,14H,4-5,8-10,13,15H2,1H3,(H,25,27)(H,26,28)/t22-/m0/s1. The maximum atomic E-state index is 13.7. The van der Waals surface area contributed by atoms with Crippen LogP contribution in [0, 0.1) is 5.82 Å². The van der Waals surface area contributed by atoms with E-state index in [1.165, 1.54) is 13.2 Å². The summed E-state index contributed by atoms with van der Waals surface area (Å²) in [5.74, 6) is -0.307. The van der Waals surface area contributed by atoms with Crippen LogP contribution in [0.3, 0.4) is 0 Å². The van der Waals surface area contributed by atoms with Gasteiger partial charge in [-0.3, -0.25) is 14.6 Å². The number of pyridine rings is 1. The van der Waals surface area contributed by atoms with Crippen molar-refractivity contribution in [2.24, 2.45) is 0 Å². The molecular formula is C22H26FN3O3. The fourth-order valence-electron chi connectivity index (χ4n) is 3.72. The van der Waals surface area contributed by atoms with Gasteiger partial charge in [0.25, 0.3) is 0 Å². The highest BCUT2D eigenvalue weighted by atomic mass is 19.1. The first-order valence-corrected chi connectivity index (χ1v) is 9.79. The van der Waals surface area contributed by atoms with E-state index in [-0.39, 0.29) is 17.6 Å². The lowest BCUT2D eigenvalue weighted by atomic mass is 9.85. The molecular weight excluding hydrogens is 373 g/mol. The van der Waals surface area contributed by atoms with Gasteiger partial charge in [0.1, 0.15) is 0 Å². The third-order valence-corrected chi connectivity index (χ3v) is 5.31. The molecule has 3 rings (SSSR count). The van der Waals surface area contributed by atoms with Crippen LogP contribution in [-0.4, -0.2) is 36.0 Å². The lowest BCUT2D eigenvalue weighted by molar-refractivity contribution is -0.122. The third kappa shape index (κ3) is 5.76. The summed E-state index contributed by atoms with van der Waals surface area (Å²) in [5.41, 5.74) is 1.48. The van der Waals surface area contributed by atoms with Crippen LogP contribution in [0.1, 0.15) is 36.8 Å². The smallest absolute Gasteiger partial charge is 0.220 e. The van der Waals surface area contributed by atoms with Gasteiger partial charge in [-0.05, 0) is 61.1 Å². The quantitative estimate of drug-likeness (QED) is 0.679. The summed E-state index contributed by atoms with van der Waals surface area (Å²) < 4.78 is 18.7. The van der Waals surface area contributed by atoms with E-state index in [9.17, 15) is 14.0 Å². The van der Waals surface area contributed by atoms with Crippen LogP contribution >= 0.6 is 0 Å². The number of nitrogens with zero attached hydrogens (tertiary/aromatic N) is 1. The van der Waals surface area contributed by atoms with Gasteiger partial charge in [0, 0.05) is 37.3 Å². The number of ether oxygens (including phenoxy) is 1. The SMILES string of the molecule is COc1cc(C[C@]2(CCC(=O)NCCc3ccncc3)CCC(=O)N2)ccc1F. The number of rotatable bonds is 9. The summed E-state index contributed by atoms with van der Waals surface area (Å²) in [6, 6.07) is 8.55. The number of amides is 2. The first-order chi connectivity index (χ1) is 14.0. The van der Waals surface area contributed by atoms with Crippen LogP contribution in [-0.2, 0) is 22.4 Å². The predicted molar refractivity (Wildman–Crippen MR) is 107 cm³/mol. The Morgan fingerprint density at radius 2 is 2.07 bits per heavy atom. The van der Waals surface area contributed by atoms with Crippen LogP contribution in [0.5, 0.6) is 5.75 Å². The van der Waals surface area contributed by atoms with E-state index in [4.69, 9.17) is 4.74 Å². The normalized spacial score (nSPS) is 18.3. The molecule has 2 N–H and O–H groups in total. The molecule has 2 amide bonds. The lowest BCUT2D eigenvalue weighted by Gasteiger charge is -2.29. The van der Waals surface area contributed by atoms with Crippen molar-refractivity contribution in [2.45, 2.75) is 44.1 Å². The second-order valence-electron chi connectivity index (χ2n) is 7.43. The maximum Gasteiger partial charge on any atom is 0.220 e. The van der Waals surface area contributed by atoms with E-state index >= 15 is 0 Å². The number of benzene rings is 1. The van der Waals surface area contributed by atoms with Crippen molar-refractivity contribution in [3.63, 3.8) is 0 Å². The fourth-order valence-corrected chi connectivity index (χ4v) is 3.72. The number of hydrogen-bond acceptors (Lipinski definition) is 4. The number of carbonyl (C=O) groups excluding carboxylic acids is 2. The molecule has 1 atom stereocenters. The lowest BCUT2D eigenvalue weighted by Crippen LogP contribution is -2.44. The van der Waals surface area contributed by atoms with Gasteiger partial charge in [-0.15, -0.1) is 0 Å². The van der Waals surface area contributed by atoms with Crippen molar-refractivity contribution in [1.29, 1.82) is 0 Å². The number of carbonyl (C=O) groups is 2. The number of halogens is 1. The molecule has 1 aliphatic heterocycles. The molecule has 2 aromatic rings. The third-order valence-electron chi connectivity index (χ3n) is 5.31. The zero-order valence-electron chi connectivity index (χ0n) is 16.5. The highest BCUT2D eigenvalue weighted by molar-refractivity contribution is 5.80. The number of nitrogens with one attached hydrogen (secondary N) is 2. The Balaban J connectivity index is 1.56. The van der Waals surface area contributed by atoms with Gasteiger partial charge in [0.2, 0.25) is 11.8 Å². The first-order valence-electron chi connectivity index (χ1n) is 9.79. The molecule has 154 valence electrons. The highest BCUT2D eigenvalue weighted by Gasteiger charge is 2.38. The van der Waals surface area contributed by atoms with Crippen LogP contribution in [0.2, 0.25) is 0 Å². The Kier molecular flexibility index (Phi) is 6.80. The van der Waals surface area contributed by atoms with Crippen molar-refractivity contribution in [3.8, 4) is 5.75 Å². The Morgan fingerprint density at radius 3 is 2.76 bits per heavy atom. The molecule has 7 heteroatoms. The summed E-state index contributed by atoms with van der Waals surface area (Å²) >= 11 is 0. The van der Waals surface area contributed by atoms with Gasteiger partial charge < -0.3 is 15.4 Å². The minimum absolute atomic E-state index is 0.0165. The predicted octanol–water partition coefficient (Wildman–Crippen LogP) is 2.56. The molecule has 6 nitrogen and oxygen atoms in total. The Labute approximate surface area is 169 Å². The van der Waals surface area contributed by atoms with Crippen molar-refractivity contribution in [1.82, 2.24) is 15.6 Å². The molecule has 1 aliphatic rings. The van der Waals surface area contributed by atoms with Crippen molar-refractivity contribution < 1.29 is 18.7 Å². The number of aromatic nitrogens is 1. The first kappa shape index (κ1) is 20.8. The molecule has 1 aromatic heterocycles. The summed E-state index contributed by atoms with van der Waals surface area (Å²) in [5, 5.41) is 5.98. The monoisotopic (exact) mass is 399 g/mol. The molecule has 1 saturated heterocycles. The van der Waals surface area contributed by atoms with Gasteiger partial charge >= 0.3 is 0 Å². The summed E-state index contributed by atoms with van der Waals surface area (Å²) in [6.07, 6.45) is 6.65. The van der Waals surface area contributed by atoms with E-state index in [1.54, 1.807) is 24.5 Å². The largest absolute Gasteiger partial charge is 0.494 e. The molecule has 0 bridgehead atoms. The molecule has 2 heterocycles. The molecule has 29 heavy (non-hydrogen) atoms. The van der Waals surface area contributed by atoms with Gasteiger partial charge in [0.05, 0.1) is 7.11 Å². The molecule has 0 aliphatic carbocycles. The zero-order valence-corrected chi connectivity index (χ0v) is 16.5. The van der Waals surface area contributed by atoms with E-state index in [0.29, 0.717) is 38.6 Å². The Bertz CT molecular complexity index is 860. The molecule has 0 spiro atoms. The van der Waals surface area contributed by atoms with Crippen molar-refractivity contribution in [3.05, 3.63) is 59.7 Å². The highest BCUT2D eigenvalue weighted by Crippen LogP contribution is 2.31. The molecule has 0 radical (unpaired) electrons. The molecule has 1 fully saturated rings. The Hall–Kier alpha value is -2.96. The van der Waals surface area contributed by atoms with Crippen molar-refractivity contribution in [2.75, 3.05) is 13.7 Å². The zero-order chi connectivity index (χ0) is 20.7. The van der Waals surface area contributed by atoms with E-state index in [1.807, 2.05) is 12.1 Å². The topological polar surface area (TPSA) is 80.3 Å². The number of methoxy groups -OCH3 is 1. The summed E-state index contributed by atoms with van der Waals surface area (Å²) in [6.45, 7) is 0.553. The van der Waals surface area contributed by atoms with Crippen molar-refractivity contribution >= 4 is 11.8 Å². The van der Waals surface area contributed by atoms with Gasteiger partial charge in [-0.25, -0.2) is 4.39 Å². The van der Waals surface area contributed by atoms with Gasteiger partial charge in [-0.1, -0.05) is 6.07 Å². The van der Waals surface area contributed by atoms with Crippen LogP contribution in [0.25, 0.3) is 0 Å². The van der Waals surface area contributed by atoms with Crippen LogP contribution in [0.4, 0.5) is 4.39 Å². The molecule has 0 saturated carbocycles. The summed E-state index contributed by atoms with van der Waals surface area (Å²) in [4.78, 5) is 28.2. The van der Waals surface area contributed by atoms with Gasteiger partial charge in [0.15, 0.2) is 11.6 Å². The minimum atomic E-state index is -0.498. The molecule has 1 aromatic carbocycles. The van der Waals surface area contributed by atoms with E-state index in [0.717, 1.165) is 17.5 Å². The average molecular weight is 399 g/mol. The Morgan fingerprint density at radius 1 is 1.28 bits per heavy atom. The maximum absolute atomic E-state index is 13.7. The second-order valence-corrected chi connectivity index (χ2v) is 7.43. The average Bonchev–Trinajstić information content (AvgIpc) is 3.09. The van der Waals surface area contributed by atoms with E-state index < -0.39 is 11.4 Å². The molecule has 0 unspecified atom stereocenters.